The number of carbonyl (C=O) groups excluding carboxylic acids is 3. The van der Waals surface area contributed by atoms with Gasteiger partial charge in [0.05, 0.1) is 22.1 Å². The van der Waals surface area contributed by atoms with Gasteiger partial charge in [-0.25, -0.2) is 9.59 Å². The topological polar surface area (TPSA) is 109 Å². The minimum Gasteiger partial charge on any atom is -0.460 e. The zero-order valence-corrected chi connectivity index (χ0v) is 34.1. The largest absolute Gasteiger partial charge is 0.460 e. The van der Waals surface area contributed by atoms with Crippen molar-refractivity contribution in [3.8, 4) is 0 Å². The standard InChI is InChI=1S/C49H50N2O7/c1-29(20-22-35-31(3)15-12-24-47(35,4)5)13-11-14-30(2)25-40(53)56-27-41(54)57-28-49(55)26-39-50-36-18-9-7-16-32(36)44-43-34(21-23-38(43)52)42-33-17-8-10-19-37(33)51(46(42)45(44)50)48(49,6)58-39/h7-11,13-14,16-20,22,25,39,55H,12,15,21,23-24,26-28H2,1-6H3/b14-11+,22-20+,29-13+,30-25-/t39-,48+,49+/m1/s1. The van der Waals surface area contributed by atoms with Crippen LogP contribution in [0.3, 0.4) is 0 Å². The molecule has 2 aromatic heterocycles. The second-order valence-corrected chi connectivity index (χ2v) is 17.4. The van der Waals surface area contributed by atoms with E-state index in [2.05, 4.69) is 48.1 Å². The normalized spacial score (nSPS) is 24.4. The summed E-state index contributed by atoms with van der Waals surface area (Å²) in [6.07, 6.45) is 15.5. The number of aliphatic hydroxyl groups is 1. The predicted octanol–water partition coefficient (Wildman–Crippen LogP) is 9.99. The smallest absolute Gasteiger partial charge is 0.344 e. The number of carbonyl (C=O) groups is 3. The van der Waals surface area contributed by atoms with Gasteiger partial charge in [0.15, 0.2) is 23.7 Å². The van der Waals surface area contributed by atoms with Gasteiger partial charge >= 0.3 is 11.9 Å². The van der Waals surface area contributed by atoms with Crippen molar-refractivity contribution >= 4 is 61.3 Å². The highest BCUT2D eigenvalue weighted by molar-refractivity contribution is 6.31. The van der Waals surface area contributed by atoms with Crippen molar-refractivity contribution in [2.24, 2.45) is 5.41 Å². The molecular weight excluding hydrogens is 729 g/mol. The minimum atomic E-state index is -1.68. The van der Waals surface area contributed by atoms with Crippen LogP contribution in [0.4, 0.5) is 0 Å². The number of hydrogen-bond acceptors (Lipinski definition) is 7. The van der Waals surface area contributed by atoms with Crippen LogP contribution in [0.2, 0.25) is 0 Å². The SMILES string of the molecule is CC1=C(/C=C/C(C)=C/C=C/C(C)=C\C(=O)OCC(=O)OC[C@@]2(O)C[C@H]3O[C@]2(C)n2c4ccccc4c4c5c(c6c7ccccc7n3c6c42)C(=O)CC5)C(C)(C)CCC1. The lowest BCUT2D eigenvalue weighted by molar-refractivity contribution is -0.200. The third-order valence-corrected chi connectivity index (χ3v) is 13.1. The molecule has 4 heterocycles. The number of nitrogens with zero attached hydrogens (tertiary/aromatic N) is 2. The van der Waals surface area contributed by atoms with Crippen molar-refractivity contribution in [3.63, 3.8) is 0 Å². The Morgan fingerprint density at radius 3 is 2.40 bits per heavy atom. The summed E-state index contributed by atoms with van der Waals surface area (Å²) in [5.74, 6) is -1.31. The van der Waals surface area contributed by atoms with Gasteiger partial charge in [-0.3, -0.25) is 4.79 Å². The number of fused-ring (bicyclic) bond motifs is 13. The van der Waals surface area contributed by atoms with E-state index in [0.717, 1.165) is 66.7 Å². The van der Waals surface area contributed by atoms with E-state index in [1.54, 1.807) is 6.92 Å². The summed E-state index contributed by atoms with van der Waals surface area (Å²) in [5, 5.41) is 16.5. The molecule has 2 bridgehead atoms. The highest BCUT2D eigenvalue weighted by atomic mass is 16.6. The second-order valence-electron chi connectivity index (χ2n) is 17.4. The molecule has 0 unspecified atom stereocenters. The number of aromatic nitrogens is 2. The summed E-state index contributed by atoms with van der Waals surface area (Å²) in [6.45, 7) is 11.5. The molecule has 9 rings (SSSR count). The van der Waals surface area contributed by atoms with E-state index < -0.39 is 42.7 Å². The number of allylic oxidation sites excluding steroid dienone is 9. The van der Waals surface area contributed by atoms with E-state index in [-0.39, 0.29) is 17.6 Å². The molecule has 298 valence electrons. The molecule has 4 aliphatic rings. The lowest BCUT2D eigenvalue weighted by Gasteiger charge is -2.39. The van der Waals surface area contributed by atoms with Crippen molar-refractivity contribution in [2.75, 3.05) is 13.2 Å². The average Bonchev–Trinajstić information content (AvgIpc) is 3.88. The molecule has 5 aromatic rings. The van der Waals surface area contributed by atoms with Crippen LogP contribution in [0.25, 0.3) is 43.6 Å². The molecule has 0 spiro atoms. The number of esters is 2. The first-order valence-corrected chi connectivity index (χ1v) is 20.4. The molecule has 3 aromatic carbocycles. The molecule has 58 heavy (non-hydrogen) atoms. The van der Waals surface area contributed by atoms with Gasteiger partial charge in [-0.15, -0.1) is 0 Å². The van der Waals surface area contributed by atoms with Crippen LogP contribution in [-0.4, -0.2) is 50.8 Å². The van der Waals surface area contributed by atoms with E-state index >= 15 is 0 Å². The zero-order valence-electron chi connectivity index (χ0n) is 34.1. The Hall–Kier alpha value is -5.51. The molecule has 1 N–H and O–H groups in total. The highest BCUT2D eigenvalue weighted by Crippen LogP contribution is 2.58. The summed E-state index contributed by atoms with van der Waals surface area (Å²) in [5.41, 5.74) is 7.09. The monoisotopic (exact) mass is 778 g/mol. The molecule has 0 saturated carbocycles. The quantitative estimate of drug-likeness (QED) is 0.0902. The maximum Gasteiger partial charge on any atom is 0.344 e. The first-order chi connectivity index (χ1) is 27.7. The van der Waals surface area contributed by atoms with Gasteiger partial charge in [0.2, 0.25) is 0 Å². The number of ether oxygens (including phenoxy) is 3. The molecular formula is C49H50N2O7. The van der Waals surface area contributed by atoms with Gasteiger partial charge in [-0.2, -0.15) is 0 Å². The van der Waals surface area contributed by atoms with Crippen molar-refractivity contribution in [3.05, 3.63) is 118 Å². The lowest BCUT2D eigenvalue weighted by atomic mass is 9.72. The third kappa shape index (κ3) is 5.84. The Labute approximate surface area is 337 Å². The van der Waals surface area contributed by atoms with Crippen molar-refractivity contribution in [1.82, 2.24) is 9.13 Å². The van der Waals surface area contributed by atoms with Crippen LogP contribution < -0.4 is 0 Å². The first kappa shape index (κ1) is 38.0. The molecule has 9 nitrogen and oxygen atoms in total. The summed E-state index contributed by atoms with van der Waals surface area (Å²) in [4.78, 5) is 39.5. The van der Waals surface area contributed by atoms with Crippen LogP contribution in [0, 0.1) is 5.41 Å². The molecule has 0 amide bonds. The Kier molecular flexibility index (Phi) is 9.06. The minimum absolute atomic E-state index is 0.107. The number of ketones is 1. The van der Waals surface area contributed by atoms with Crippen molar-refractivity contribution in [2.45, 2.75) is 97.6 Å². The average molecular weight is 779 g/mol. The molecule has 2 aliphatic carbocycles. The third-order valence-electron chi connectivity index (χ3n) is 13.1. The van der Waals surface area contributed by atoms with Crippen molar-refractivity contribution < 1.29 is 33.7 Å². The maximum atomic E-state index is 13.6. The summed E-state index contributed by atoms with van der Waals surface area (Å²) in [7, 11) is 0. The van der Waals surface area contributed by atoms with Gasteiger partial charge < -0.3 is 28.5 Å². The fourth-order valence-corrected chi connectivity index (χ4v) is 10.2. The molecule has 0 radical (unpaired) electrons. The molecule has 1 fully saturated rings. The zero-order chi connectivity index (χ0) is 40.7. The molecule has 1 saturated heterocycles. The lowest BCUT2D eigenvalue weighted by Crippen LogP contribution is -2.54. The van der Waals surface area contributed by atoms with Gasteiger partial charge in [0.1, 0.15) is 12.8 Å². The first-order valence-electron chi connectivity index (χ1n) is 20.4. The van der Waals surface area contributed by atoms with Crippen LogP contribution in [0.5, 0.6) is 0 Å². The van der Waals surface area contributed by atoms with Gasteiger partial charge in [0, 0.05) is 46.0 Å². The van der Waals surface area contributed by atoms with Crippen LogP contribution in [-0.2, 0) is 35.9 Å². The van der Waals surface area contributed by atoms with E-state index in [1.165, 1.54) is 30.1 Å². The fraction of sp³-hybridized carbons (Fsp3) is 0.367. The van der Waals surface area contributed by atoms with E-state index in [9.17, 15) is 19.5 Å². The fourth-order valence-electron chi connectivity index (χ4n) is 10.2. The predicted molar refractivity (Wildman–Crippen MR) is 226 cm³/mol. The molecule has 3 atom stereocenters. The highest BCUT2D eigenvalue weighted by Gasteiger charge is 2.61. The van der Waals surface area contributed by atoms with Crippen LogP contribution >= 0.6 is 0 Å². The Bertz CT molecular complexity index is 2770. The number of rotatable bonds is 9. The van der Waals surface area contributed by atoms with E-state index in [0.29, 0.717) is 18.4 Å². The Morgan fingerprint density at radius 1 is 0.914 bits per heavy atom. The number of para-hydroxylation sites is 2. The van der Waals surface area contributed by atoms with Gasteiger partial charge in [-0.05, 0) is 87.6 Å². The number of benzene rings is 3. The maximum absolute atomic E-state index is 13.6. The van der Waals surface area contributed by atoms with E-state index in [4.69, 9.17) is 14.2 Å². The molecule has 2 aliphatic heterocycles. The summed E-state index contributed by atoms with van der Waals surface area (Å²) < 4.78 is 22.1. The van der Waals surface area contributed by atoms with Gasteiger partial charge in [0.25, 0.3) is 0 Å². The van der Waals surface area contributed by atoms with Gasteiger partial charge in [-0.1, -0.05) is 91.8 Å². The summed E-state index contributed by atoms with van der Waals surface area (Å²) in [6, 6.07) is 16.0. The second kappa shape index (κ2) is 13.8. The molecule has 9 heteroatoms. The van der Waals surface area contributed by atoms with E-state index in [1.807, 2.05) is 74.5 Å². The Balaban J connectivity index is 0.935. The number of Topliss-reactive ketones (excluding diaryl/α,β-unsaturated/α-hetero) is 1. The Morgan fingerprint density at radius 2 is 1.64 bits per heavy atom. The number of aryl methyl sites for hydroxylation is 1. The van der Waals surface area contributed by atoms with Crippen LogP contribution in [0.15, 0.2) is 107 Å². The summed E-state index contributed by atoms with van der Waals surface area (Å²) >= 11 is 0. The number of hydrogen-bond donors (Lipinski definition) is 1. The van der Waals surface area contributed by atoms with Crippen molar-refractivity contribution in [1.29, 1.82) is 0 Å². The van der Waals surface area contributed by atoms with Crippen LogP contribution in [0.1, 0.15) is 95.8 Å².